The second-order valence-corrected chi connectivity index (χ2v) is 23.9. The summed E-state index contributed by atoms with van der Waals surface area (Å²) in [7, 11) is 0. The second-order valence-electron chi connectivity index (χ2n) is 10.9. The molecule has 0 heterocycles. The van der Waals surface area contributed by atoms with E-state index in [0.717, 1.165) is 0 Å². The average molecular weight is 726 g/mol. The van der Waals surface area contributed by atoms with Crippen LogP contribution in [0.4, 0.5) is 0 Å². The molecule has 0 bridgehead atoms. The monoisotopic (exact) mass is 728 g/mol. The summed E-state index contributed by atoms with van der Waals surface area (Å²) in [6.45, 7) is 22.3. The molecule has 0 amide bonds. The molecule has 0 aromatic rings. The Morgan fingerprint density at radius 2 is 0.806 bits per heavy atom. The Labute approximate surface area is 238 Å². The van der Waals surface area contributed by atoms with Gasteiger partial charge >= 0.3 is 196 Å². The zero-order valence-electron chi connectivity index (χ0n) is 25.1. The number of carbonyl (C=O) groups is 2. The summed E-state index contributed by atoms with van der Waals surface area (Å²) in [6, 6.07) is 0. The summed E-state index contributed by atoms with van der Waals surface area (Å²) in [5.74, 6) is -3.09. The summed E-state index contributed by atoms with van der Waals surface area (Å²) in [6.07, 6.45) is 11.6. The summed E-state index contributed by atoms with van der Waals surface area (Å²) in [4.78, 5) is 18.8. The standard InChI is InChI=1S/C4H4O4.2C4H9O.4C4H9.2Sn/c5-3(6)1-2-4(7)8;2*1-4(2,3)5;4*1-3-4-2;;/h1-2H,(H,5,6)(H,7,8);2*1-3H3;4*1,3-4H2,2H3;;/q;2*-1;;;;;2*+2/p-2/b2-1-;;;;;;;;. The van der Waals surface area contributed by atoms with Crippen LogP contribution in [0.2, 0.25) is 17.7 Å². The van der Waals surface area contributed by atoms with Crippen LogP contribution in [0.25, 0.3) is 0 Å². The van der Waals surface area contributed by atoms with E-state index in [-0.39, 0.29) is 11.2 Å². The largest absolute Gasteiger partial charge is 0.545 e. The van der Waals surface area contributed by atoms with Crippen molar-refractivity contribution in [3.8, 4) is 0 Å². The van der Waals surface area contributed by atoms with Crippen molar-refractivity contribution in [2.24, 2.45) is 0 Å². The minimum absolute atomic E-state index is 0.107. The number of aliphatic carboxylic acids is 2. The van der Waals surface area contributed by atoms with Crippen molar-refractivity contribution in [2.45, 2.75) is 150 Å². The fraction of sp³-hybridized carbons (Fsp3) is 0.857. The molecular weight excluding hydrogens is 670 g/mol. The molecule has 0 aromatic carbocycles. The predicted octanol–water partition coefficient (Wildman–Crippen LogP) is 5.83. The zero-order valence-corrected chi connectivity index (χ0v) is 30.8. The molecule has 0 saturated carbocycles. The third-order valence-corrected chi connectivity index (χ3v) is 20.0. The third-order valence-electron chi connectivity index (χ3n) is 4.49. The van der Waals surface area contributed by atoms with Gasteiger partial charge in [0.1, 0.15) is 0 Å². The third kappa shape index (κ3) is 38.7. The Morgan fingerprint density at radius 1 is 0.583 bits per heavy atom. The Balaban J connectivity index is -0.000000472. The van der Waals surface area contributed by atoms with E-state index in [1.165, 1.54) is 69.1 Å². The summed E-state index contributed by atoms with van der Waals surface area (Å²) in [5, 5.41) is 18.8. The molecule has 0 aliphatic rings. The topological polar surface area (TPSA) is 98.7 Å². The van der Waals surface area contributed by atoms with Gasteiger partial charge in [-0.1, -0.05) is 0 Å². The number of hydrogen-bond acceptors (Lipinski definition) is 6. The van der Waals surface area contributed by atoms with Gasteiger partial charge in [-0.15, -0.1) is 0 Å². The molecular formula is C28H56O6Sn2. The van der Waals surface area contributed by atoms with Gasteiger partial charge in [-0.2, -0.15) is 0 Å². The number of carboxylic acids is 2. The first kappa shape index (κ1) is 40.7. The molecule has 8 heteroatoms. The summed E-state index contributed by atoms with van der Waals surface area (Å²) >= 11 is -2.93. The molecule has 0 N–H and O–H groups in total. The fourth-order valence-electron chi connectivity index (χ4n) is 2.95. The molecule has 0 aliphatic carbocycles. The van der Waals surface area contributed by atoms with Gasteiger partial charge in [-0.3, -0.25) is 0 Å². The molecule has 0 aliphatic heterocycles. The number of rotatable bonds is 16. The van der Waals surface area contributed by atoms with Gasteiger partial charge in [0.15, 0.2) is 0 Å². The number of hydrogen-bond donors (Lipinski definition) is 0. The maximum absolute atomic E-state index is 9.41. The van der Waals surface area contributed by atoms with Crippen molar-refractivity contribution in [3.63, 3.8) is 0 Å². The first-order chi connectivity index (χ1) is 16.6. The van der Waals surface area contributed by atoms with Gasteiger partial charge in [0.25, 0.3) is 0 Å². The van der Waals surface area contributed by atoms with E-state index in [9.17, 15) is 19.8 Å². The van der Waals surface area contributed by atoms with E-state index in [1.54, 1.807) is 0 Å². The molecule has 0 aromatic heterocycles. The van der Waals surface area contributed by atoms with Crippen LogP contribution < -0.4 is 10.2 Å². The first-order valence-electron chi connectivity index (χ1n) is 13.8. The average Bonchev–Trinajstić information content (AvgIpc) is 2.75. The number of carbonyl (C=O) groups excluding carboxylic acids is 2. The van der Waals surface area contributed by atoms with Gasteiger partial charge in [-0.05, 0) is 12.2 Å². The molecule has 0 atom stereocenters. The van der Waals surface area contributed by atoms with Crippen LogP contribution in [0, 0.1) is 0 Å². The minimum Gasteiger partial charge on any atom is -0.545 e. The van der Waals surface area contributed by atoms with E-state index in [0.29, 0.717) is 12.2 Å². The SMILES string of the molecule is CCC[CH2][Sn+]([CH2]CCC)[O]C(C)(C)C.CCC[CH2][Sn+]([CH2]CCC)[O]C(C)(C)C.O=C([O-])/C=C\C(=O)[O-]. The van der Waals surface area contributed by atoms with E-state index in [2.05, 4.69) is 69.2 Å². The Bertz CT molecular complexity index is 489. The molecule has 0 spiro atoms. The van der Waals surface area contributed by atoms with Crippen LogP contribution in [0.3, 0.4) is 0 Å². The van der Waals surface area contributed by atoms with Crippen LogP contribution in [0.5, 0.6) is 0 Å². The summed E-state index contributed by atoms with van der Waals surface area (Å²) in [5.41, 5.74) is 0.215. The van der Waals surface area contributed by atoms with Crippen LogP contribution in [0.1, 0.15) is 121 Å². The molecule has 0 saturated heterocycles. The summed E-state index contributed by atoms with van der Waals surface area (Å²) < 4.78 is 18.2. The normalized spacial score (nSPS) is 11.3. The van der Waals surface area contributed by atoms with Gasteiger partial charge in [0.2, 0.25) is 0 Å². The van der Waals surface area contributed by atoms with E-state index in [1.807, 2.05) is 0 Å². The van der Waals surface area contributed by atoms with Crippen molar-refractivity contribution in [1.82, 2.24) is 0 Å². The maximum Gasteiger partial charge on any atom is 0.0643 e. The Morgan fingerprint density at radius 3 is 0.944 bits per heavy atom. The van der Waals surface area contributed by atoms with Crippen LogP contribution in [-0.2, 0) is 15.7 Å². The van der Waals surface area contributed by atoms with Crippen molar-refractivity contribution >= 4 is 52.3 Å². The first-order valence-corrected chi connectivity index (χ1v) is 24.2. The zero-order chi connectivity index (χ0) is 28.6. The van der Waals surface area contributed by atoms with Crippen molar-refractivity contribution in [1.29, 1.82) is 0 Å². The van der Waals surface area contributed by atoms with Gasteiger partial charge < -0.3 is 19.8 Å². The quantitative estimate of drug-likeness (QED) is 0.147. The van der Waals surface area contributed by atoms with Gasteiger partial charge in [-0.25, -0.2) is 0 Å². The van der Waals surface area contributed by atoms with Crippen LogP contribution in [0.15, 0.2) is 12.2 Å². The van der Waals surface area contributed by atoms with Crippen molar-refractivity contribution in [2.75, 3.05) is 0 Å². The van der Waals surface area contributed by atoms with E-state index >= 15 is 0 Å². The van der Waals surface area contributed by atoms with Gasteiger partial charge in [0.05, 0.1) is 11.9 Å². The molecule has 6 nitrogen and oxygen atoms in total. The molecule has 212 valence electrons. The molecule has 0 unspecified atom stereocenters. The van der Waals surface area contributed by atoms with Crippen LogP contribution in [-0.4, -0.2) is 63.5 Å². The molecule has 0 rings (SSSR count). The number of carboxylic acid groups (broad SMARTS) is 2. The second kappa shape index (κ2) is 25.5. The van der Waals surface area contributed by atoms with Gasteiger partial charge in [0, 0.05) is 0 Å². The fourth-order valence-corrected chi connectivity index (χ4v) is 19.0. The van der Waals surface area contributed by atoms with Crippen molar-refractivity contribution < 1.29 is 26.0 Å². The van der Waals surface area contributed by atoms with Crippen LogP contribution >= 0.6 is 0 Å². The number of unbranched alkanes of at least 4 members (excludes halogenated alkanes) is 4. The minimum atomic E-state index is -1.55. The van der Waals surface area contributed by atoms with E-state index in [4.69, 9.17) is 6.15 Å². The molecule has 36 heavy (non-hydrogen) atoms. The molecule has 0 fully saturated rings. The van der Waals surface area contributed by atoms with E-state index < -0.39 is 52.3 Å². The predicted molar refractivity (Wildman–Crippen MR) is 151 cm³/mol. The Kier molecular flexibility index (Phi) is 28.8. The maximum atomic E-state index is 9.41. The van der Waals surface area contributed by atoms with Crippen molar-refractivity contribution in [3.05, 3.63) is 12.2 Å². The smallest absolute Gasteiger partial charge is 0.0643 e. The molecule has 0 radical (unpaired) electrons. The Hall–Kier alpha value is 0.197.